The first-order valence-electron chi connectivity index (χ1n) is 9.91. The van der Waals surface area contributed by atoms with Crippen LogP contribution in [-0.4, -0.2) is 41.9 Å². The van der Waals surface area contributed by atoms with Gasteiger partial charge in [0, 0.05) is 52.8 Å². The van der Waals surface area contributed by atoms with E-state index in [-0.39, 0.29) is 12.5 Å². The van der Waals surface area contributed by atoms with E-state index in [4.69, 9.17) is 32.4 Å². The van der Waals surface area contributed by atoms with E-state index in [0.29, 0.717) is 41.2 Å². The Hall–Kier alpha value is -1.99. The molecule has 162 valence electrons. The maximum Gasteiger partial charge on any atom is 0.289 e. The fourth-order valence-electron chi connectivity index (χ4n) is 3.43. The second-order valence-electron chi connectivity index (χ2n) is 7.28. The summed E-state index contributed by atoms with van der Waals surface area (Å²) in [6.07, 6.45) is 0. The molecular formula is C23H21BrCl2N2O3. The molecule has 31 heavy (non-hydrogen) atoms. The third kappa shape index (κ3) is 5.63. The van der Waals surface area contributed by atoms with Gasteiger partial charge in [-0.1, -0.05) is 45.2 Å². The molecule has 0 aliphatic carbocycles. The first-order valence-corrected chi connectivity index (χ1v) is 11.5. The highest BCUT2D eigenvalue weighted by atomic mass is 79.9. The Morgan fingerprint density at radius 3 is 2.32 bits per heavy atom. The number of nitrogens with zero attached hydrogens (tertiary/aromatic N) is 2. The zero-order chi connectivity index (χ0) is 21.8. The molecule has 0 spiro atoms. The SMILES string of the molecule is O=C(c1ccc(COc2ccc(Br)cc2)o1)N1CCN(Cc2c(Cl)cccc2Cl)CC1. The molecule has 0 unspecified atom stereocenters. The van der Waals surface area contributed by atoms with E-state index < -0.39 is 0 Å². The minimum atomic E-state index is -0.106. The van der Waals surface area contributed by atoms with Gasteiger partial charge in [0.25, 0.3) is 5.91 Å². The summed E-state index contributed by atoms with van der Waals surface area (Å²) in [6, 6.07) is 16.6. The Balaban J connectivity index is 1.29. The highest BCUT2D eigenvalue weighted by Gasteiger charge is 2.25. The van der Waals surface area contributed by atoms with Crippen LogP contribution in [0.3, 0.4) is 0 Å². The number of rotatable bonds is 6. The van der Waals surface area contributed by atoms with E-state index in [2.05, 4.69) is 20.8 Å². The van der Waals surface area contributed by atoms with Gasteiger partial charge in [-0.3, -0.25) is 9.69 Å². The molecule has 2 aromatic carbocycles. The van der Waals surface area contributed by atoms with Gasteiger partial charge in [-0.25, -0.2) is 0 Å². The minimum Gasteiger partial charge on any atom is -0.486 e. The number of hydrogen-bond acceptors (Lipinski definition) is 4. The van der Waals surface area contributed by atoms with Crippen molar-refractivity contribution in [2.45, 2.75) is 13.2 Å². The lowest BCUT2D eigenvalue weighted by molar-refractivity contribution is 0.0594. The topological polar surface area (TPSA) is 45.9 Å². The molecule has 1 aromatic heterocycles. The molecule has 8 heteroatoms. The van der Waals surface area contributed by atoms with Gasteiger partial charge in [-0.15, -0.1) is 0 Å². The van der Waals surface area contributed by atoms with Crippen LogP contribution in [0.15, 0.2) is 63.5 Å². The Morgan fingerprint density at radius 1 is 0.968 bits per heavy atom. The zero-order valence-corrected chi connectivity index (χ0v) is 19.8. The van der Waals surface area contributed by atoms with Crippen LogP contribution in [0.5, 0.6) is 5.75 Å². The highest BCUT2D eigenvalue weighted by molar-refractivity contribution is 9.10. The maximum absolute atomic E-state index is 12.8. The largest absolute Gasteiger partial charge is 0.486 e. The Labute approximate surface area is 199 Å². The van der Waals surface area contributed by atoms with Crippen molar-refractivity contribution in [1.82, 2.24) is 9.80 Å². The third-order valence-electron chi connectivity index (χ3n) is 5.17. The summed E-state index contributed by atoms with van der Waals surface area (Å²) in [4.78, 5) is 16.9. The molecule has 0 bridgehead atoms. The molecule has 0 saturated carbocycles. The number of carbonyl (C=O) groups excluding carboxylic acids is 1. The number of carbonyl (C=O) groups is 1. The van der Waals surface area contributed by atoms with Gasteiger partial charge in [0.05, 0.1) is 0 Å². The molecule has 1 fully saturated rings. The fraction of sp³-hybridized carbons (Fsp3) is 0.261. The molecule has 4 rings (SSSR count). The van der Waals surface area contributed by atoms with E-state index in [9.17, 15) is 4.79 Å². The molecule has 0 N–H and O–H groups in total. The maximum atomic E-state index is 12.8. The normalized spacial score (nSPS) is 14.6. The molecule has 0 atom stereocenters. The van der Waals surface area contributed by atoms with Crippen molar-refractivity contribution in [3.8, 4) is 5.75 Å². The molecule has 1 aliphatic heterocycles. The monoisotopic (exact) mass is 522 g/mol. The van der Waals surface area contributed by atoms with Gasteiger partial charge >= 0.3 is 0 Å². The van der Waals surface area contributed by atoms with Crippen LogP contribution in [0.2, 0.25) is 10.0 Å². The number of benzene rings is 2. The van der Waals surface area contributed by atoms with Crippen LogP contribution in [0.4, 0.5) is 0 Å². The molecule has 0 radical (unpaired) electrons. The first-order chi connectivity index (χ1) is 15.0. The van der Waals surface area contributed by atoms with Crippen LogP contribution in [-0.2, 0) is 13.2 Å². The molecule has 1 amide bonds. The second kappa shape index (κ2) is 10.1. The number of ether oxygens (including phenoxy) is 1. The summed E-state index contributed by atoms with van der Waals surface area (Å²) in [5, 5.41) is 1.33. The average molecular weight is 524 g/mol. The number of hydrogen-bond donors (Lipinski definition) is 0. The molecule has 1 aliphatic rings. The van der Waals surface area contributed by atoms with E-state index >= 15 is 0 Å². The Bertz CT molecular complexity index is 1030. The molecule has 3 aromatic rings. The quantitative estimate of drug-likeness (QED) is 0.404. The number of halogens is 3. The lowest BCUT2D eigenvalue weighted by atomic mass is 10.2. The van der Waals surface area contributed by atoms with Crippen molar-refractivity contribution < 1.29 is 13.9 Å². The molecule has 2 heterocycles. The summed E-state index contributed by atoms with van der Waals surface area (Å²) >= 11 is 16.0. The van der Waals surface area contributed by atoms with Crippen molar-refractivity contribution in [2.24, 2.45) is 0 Å². The first kappa shape index (κ1) is 22.2. The van der Waals surface area contributed by atoms with Crippen LogP contribution in [0, 0.1) is 0 Å². The second-order valence-corrected chi connectivity index (χ2v) is 9.01. The lowest BCUT2D eigenvalue weighted by Crippen LogP contribution is -2.48. The minimum absolute atomic E-state index is 0.106. The summed E-state index contributed by atoms with van der Waals surface area (Å²) in [7, 11) is 0. The van der Waals surface area contributed by atoms with Gasteiger partial charge < -0.3 is 14.1 Å². The van der Waals surface area contributed by atoms with E-state index in [0.717, 1.165) is 28.9 Å². The smallest absolute Gasteiger partial charge is 0.289 e. The standard InChI is InChI=1S/C23H21BrCl2N2O3/c24-16-4-6-17(7-5-16)30-15-18-8-9-22(31-18)23(29)28-12-10-27(11-13-28)14-19-20(25)2-1-3-21(19)26/h1-9H,10-15H2. The number of amides is 1. The van der Waals surface area contributed by atoms with Crippen molar-refractivity contribution in [2.75, 3.05) is 26.2 Å². The predicted octanol–water partition coefficient (Wildman–Crippen LogP) is 5.89. The Morgan fingerprint density at radius 2 is 1.65 bits per heavy atom. The van der Waals surface area contributed by atoms with Crippen molar-refractivity contribution >= 4 is 45.0 Å². The molecule has 1 saturated heterocycles. The van der Waals surface area contributed by atoms with E-state index in [1.54, 1.807) is 12.1 Å². The van der Waals surface area contributed by atoms with Gasteiger partial charge in [0.2, 0.25) is 0 Å². The zero-order valence-electron chi connectivity index (χ0n) is 16.7. The van der Waals surface area contributed by atoms with Gasteiger partial charge in [-0.05, 0) is 48.5 Å². The van der Waals surface area contributed by atoms with E-state index in [1.807, 2.05) is 47.4 Å². The average Bonchev–Trinajstić information content (AvgIpc) is 3.25. The van der Waals surface area contributed by atoms with Crippen LogP contribution < -0.4 is 4.74 Å². The van der Waals surface area contributed by atoms with Crippen LogP contribution in [0.1, 0.15) is 21.9 Å². The van der Waals surface area contributed by atoms with Crippen molar-refractivity contribution in [3.05, 3.63) is 86.2 Å². The third-order valence-corrected chi connectivity index (χ3v) is 6.41. The van der Waals surface area contributed by atoms with Crippen LogP contribution >= 0.6 is 39.1 Å². The summed E-state index contributed by atoms with van der Waals surface area (Å²) in [5.74, 6) is 1.57. The lowest BCUT2D eigenvalue weighted by Gasteiger charge is -2.34. The fourth-order valence-corrected chi connectivity index (χ4v) is 4.21. The highest BCUT2D eigenvalue weighted by Crippen LogP contribution is 2.26. The predicted molar refractivity (Wildman–Crippen MR) is 125 cm³/mol. The van der Waals surface area contributed by atoms with Crippen molar-refractivity contribution in [3.63, 3.8) is 0 Å². The Kier molecular flexibility index (Phi) is 7.23. The van der Waals surface area contributed by atoms with Crippen molar-refractivity contribution in [1.29, 1.82) is 0 Å². The number of furan rings is 1. The summed E-state index contributed by atoms with van der Waals surface area (Å²) in [6.45, 7) is 3.65. The van der Waals surface area contributed by atoms with Gasteiger partial charge in [0.15, 0.2) is 5.76 Å². The summed E-state index contributed by atoms with van der Waals surface area (Å²) < 4.78 is 12.4. The molecule has 5 nitrogen and oxygen atoms in total. The van der Waals surface area contributed by atoms with E-state index in [1.165, 1.54) is 0 Å². The summed E-state index contributed by atoms with van der Waals surface area (Å²) in [5.41, 5.74) is 0.923. The van der Waals surface area contributed by atoms with Gasteiger partial charge in [0.1, 0.15) is 18.1 Å². The van der Waals surface area contributed by atoms with Crippen LogP contribution in [0.25, 0.3) is 0 Å². The molecular weight excluding hydrogens is 503 g/mol. The van der Waals surface area contributed by atoms with Gasteiger partial charge in [-0.2, -0.15) is 0 Å². The number of piperazine rings is 1.